The third-order valence-corrected chi connectivity index (χ3v) is 2.88. The predicted molar refractivity (Wildman–Crippen MR) is 70.6 cm³/mol. The fraction of sp³-hybridized carbons (Fsp3) is 0. The normalized spacial score (nSPS) is 10.1. The number of amides is 2. The van der Waals surface area contributed by atoms with Gasteiger partial charge in [-0.2, -0.15) is 0 Å². The summed E-state index contributed by atoms with van der Waals surface area (Å²) in [6, 6.07) is 10.1. The number of benzene rings is 2. The summed E-state index contributed by atoms with van der Waals surface area (Å²) >= 11 is 10.5. The van der Waals surface area contributed by atoms with E-state index in [0.717, 1.165) is 10.8 Å². The maximum Gasteiger partial charge on any atom is 0.265 e. The number of hydrogen-bond acceptors (Lipinski definition) is 2. The lowest BCUT2D eigenvalue weighted by atomic mass is 10.0. The monoisotopic (exact) mass is 282 g/mol. The van der Waals surface area contributed by atoms with Crippen LogP contribution >= 0.6 is 23.6 Å². The van der Waals surface area contributed by atoms with E-state index in [9.17, 15) is 9.59 Å². The zero-order chi connectivity index (χ0) is 13.1. The Labute approximate surface area is 113 Å². The molecule has 4 nitrogen and oxygen atoms in total. The van der Waals surface area contributed by atoms with Crippen LogP contribution in [0.1, 0.15) is 20.7 Å². The third kappa shape index (κ3) is 2.39. The molecule has 2 amide bonds. The van der Waals surface area contributed by atoms with Crippen LogP contribution < -0.4 is 9.67 Å². The van der Waals surface area contributed by atoms with Crippen LogP contribution in [0.2, 0.25) is 0 Å². The largest absolute Gasteiger partial charge is 0.268 e. The third-order valence-electron chi connectivity index (χ3n) is 2.54. The molecule has 6 heteroatoms. The number of hydrogen-bond donors (Lipinski definition) is 2. The van der Waals surface area contributed by atoms with Gasteiger partial charge >= 0.3 is 0 Å². The van der Waals surface area contributed by atoms with Crippen molar-refractivity contribution in [2.24, 2.45) is 0 Å². The minimum Gasteiger partial charge on any atom is -0.268 e. The van der Waals surface area contributed by atoms with E-state index in [0.29, 0.717) is 11.1 Å². The van der Waals surface area contributed by atoms with E-state index >= 15 is 0 Å². The van der Waals surface area contributed by atoms with Crippen molar-refractivity contribution in [2.75, 3.05) is 0 Å². The molecule has 0 bridgehead atoms. The summed E-state index contributed by atoms with van der Waals surface area (Å²) in [4.78, 5) is 26.8. The van der Waals surface area contributed by atoms with Gasteiger partial charge in [0, 0.05) is 34.7 Å². The average Bonchev–Trinajstić information content (AvgIpc) is 2.44. The van der Waals surface area contributed by atoms with Crippen molar-refractivity contribution in [2.45, 2.75) is 0 Å². The van der Waals surface area contributed by atoms with E-state index in [1.54, 1.807) is 36.4 Å². The van der Waals surface area contributed by atoms with Gasteiger partial charge in [-0.05, 0) is 35.0 Å². The van der Waals surface area contributed by atoms with Crippen LogP contribution in [0.25, 0.3) is 10.8 Å². The molecule has 18 heavy (non-hydrogen) atoms. The van der Waals surface area contributed by atoms with E-state index in [-0.39, 0.29) is 11.8 Å². The van der Waals surface area contributed by atoms with Gasteiger partial charge in [0.1, 0.15) is 0 Å². The van der Waals surface area contributed by atoms with E-state index < -0.39 is 0 Å². The van der Waals surface area contributed by atoms with Crippen LogP contribution in [-0.4, -0.2) is 11.8 Å². The topological polar surface area (TPSA) is 58.2 Å². The summed E-state index contributed by atoms with van der Waals surface area (Å²) in [6.07, 6.45) is 0. The fourth-order valence-corrected chi connectivity index (χ4v) is 1.86. The van der Waals surface area contributed by atoms with E-state index in [2.05, 4.69) is 0 Å². The summed E-state index contributed by atoms with van der Waals surface area (Å²) in [7, 11) is 0. The number of fused-ring (bicyclic) bond motifs is 1. The lowest BCUT2D eigenvalue weighted by molar-refractivity contribution is 0.0973. The lowest BCUT2D eigenvalue weighted by Gasteiger charge is -2.04. The van der Waals surface area contributed by atoms with Crippen molar-refractivity contribution in [1.82, 2.24) is 9.67 Å². The van der Waals surface area contributed by atoms with Gasteiger partial charge < -0.3 is 0 Å². The second-order valence-electron chi connectivity index (χ2n) is 3.62. The van der Waals surface area contributed by atoms with Crippen LogP contribution in [0, 0.1) is 0 Å². The zero-order valence-electron chi connectivity index (χ0n) is 9.04. The Hall–Kier alpha value is -1.78. The molecule has 2 aromatic rings. The van der Waals surface area contributed by atoms with Crippen molar-refractivity contribution < 1.29 is 9.59 Å². The molecule has 0 aliphatic heterocycles. The van der Waals surface area contributed by atoms with Crippen LogP contribution in [0.4, 0.5) is 0 Å². The zero-order valence-corrected chi connectivity index (χ0v) is 10.5. The lowest BCUT2D eigenvalue weighted by Crippen LogP contribution is -2.13. The molecular formula is C12H8Cl2N2O2. The van der Waals surface area contributed by atoms with Gasteiger partial charge in [-0.1, -0.05) is 12.1 Å². The molecule has 0 fully saturated rings. The fourth-order valence-electron chi connectivity index (χ4n) is 1.64. The van der Waals surface area contributed by atoms with Crippen LogP contribution in [0.15, 0.2) is 36.4 Å². The molecule has 0 aliphatic carbocycles. The predicted octanol–water partition coefficient (Wildman–Crippen LogP) is 2.61. The Balaban J connectivity index is 2.48. The molecule has 0 saturated heterocycles. The summed E-state index contributed by atoms with van der Waals surface area (Å²) in [6.45, 7) is 0. The van der Waals surface area contributed by atoms with Crippen molar-refractivity contribution in [3.05, 3.63) is 47.5 Å². The molecule has 2 rings (SSSR count). The van der Waals surface area contributed by atoms with Crippen molar-refractivity contribution in [3.63, 3.8) is 0 Å². The first-order valence-electron chi connectivity index (χ1n) is 5.01. The van der Waals surface area contributed by atoms with Crippen LogP contribution in [0.3, 0.4) is 0 Å². The molecule has 2 aromatic carbocycles. The minimum absolute atomic E-state index is 0.374. The second-order valence-corrected chi connectivity index (χ2v) is 4.00. The number of rotatable bonds is 2. The standard InChI is InChI=1S/C12H8Cl2N2O2/c13-15-11(17)9-3-1-7-5-10(12(18)16-14)4-2-8(7)6-9/h1-6H,(H,15,17)(H,16,18). The Kier molecular flexibility index (Phi) is 3.69. The summed E-state index contributed by atoms with van der Waals surface area (Å²) in [5.74, 6) is -0.748. The van der Waals surface area contributed by atoms with Crippen molar-refractivity contribution in [3.8, 4) is 0 Å². The quantitative estimate of drug-likeness (QED) is 0.832. The number of carbonyl (C=O) groups is 2. The molecule has 0 spiro atoms. The van der Waals surface area contributed by atoms with E-state index in [1.807, 2.05) is 9.67 Å². The molecule has 2 N–H and O–H groups in total. The summed E-state index contributed by atoms with van der Waals surface area (Å²) < 4.78 is 0. The van der Waals surface area contributed by atoms with Gasteiger partial charge in [0.15, 0.2) is 0 Å². The van der Waals surface area contributed by atoms with Crippen LogP contribution in [-0.2, 0) is 0 Å². The molecule has 0 saturated carbocycles. The molecule has 0 unspecified atom stereocenters. The van der Waals surface area contributed by atoms with Crippen LogP contribution in [0.5, 0.6) is 0 Å². The molecule has 0 aromatic heterocycles. The van der Waals surface area contributed by atoms with Gasteiger partial charge in [-0.3, -0.25) is 19.3 Å². The van der Waals surface area contributed by atoms with Gasteiger partial charge in [-0.25, -0.2) is 0 Å². The SMILES string of the molecule is O=C(NCl)c1ccc2cc(C(=O)NCl)ccc2c1. The maximum atomic E-state index is 11.4. The highest BCUT2D eigenvalue weighted by molar-refractivity contribution is 6.25. The molecule has 0 radical (unpaired) electrons. The first-order chi connectivity index (χ1) is 8.65. The molecule has 0 atom stereocenters. The highest BCUT2D eigenvalue weighted by atomic mass is 35.5. The molecular weight excluding hydrogens is 275 g/mol. The summed E-state index contributed by atoms with van der Waals surface area (Å²) in [5, 5.41) is 1.66. The highest BCUT2D eigenvalue weighted by Crippen LogP contribution is 2.18. The Bertz CT molecular complexity index is 573. The summed E-state index contributed by atoms with van der Waals surface area (Å²) in [5.41, 5.74) is 0.902. The Morgan fingerprint density at radius 3 is 1.50 bits per heavy atom. The number of carbonyl (C=O) groups excluding carboxylic acids is 2. The van der Waals surface area contributed by atoms with E-state index in [4.69, 9.17) is 23.6 Å². The number of nitrogens with one attached hydrogen (secondary N) is 2. The smallest absolute Gasteiger partial charge is 0.265 e. The van der Waals surface area contributed by atoms with Gasteiger partial charge in [0.2, 0.25) is 0 Å². The number of halogens is 2. The minimum atomic E-state index is -0.374. The van der Waals surface area contributed by atoms with Crippen molar-refractivity contribution >= 4 is 46.1 Å². The Morgan fingerprint density at radius 1 is 0.778 bits per heavy atom. The molecule has 0 heterocycles. The maximum absolute atomic E-state index is 11.4. The average molecular weight is 283 g/mol. The van der Waals surface area contributed by atoms with Gasteiger partial charge in [0.25, 0.3) is 11.8 Å². The highest BCUT2D eigenvalue weighted by Gasteiger charge is 2.07. The van der Waals surface area contributed by atoms with Gasteiger partial charge in [-0.15, -0.1) is 0 Å². The molecule has 0 aliphatic rings. The first-order valence-corrected chi connectivity index (χ1v) is 5.77. The van der Waals surface area contributed by atoms with Gasteiger partial charge in [0.05, 0.1) is 0 Å². The second kappa shape index (κ2) is 5.25. The van der Waals surface area contributed by atoms with E-state index in [1.165, 1.54) is 0 Å². The first kappa shape index (κ1) is 12.7. The Morgan fingerprint density at radius 2 is 1.17 bits per heavy atom. The molecule has 92 valence electrons. The van der Waals surface area contributed by atoms with Crippen molar-refractivity contribution in [1.29, 1.82) is 0 Å².